The van der Waals surface area contributed by atoms with Gasteiger partial charge in [-0.2, -0.15) is 0 Å². The van der Waals surface area contributed by atoms with Crippen molar-refractivity contribution in [2.45, 2.75) is 32.4 Å². The van der Waals surface area contributed by atoms with Crippen molar-refractivity contribution in [3.63, 3.8) is 0 Å². The molecule has 1 aliphatic heterocycles. The average Bonchev–Trinajstić information content (AvgIpc) is 2.90. The first-order valence-electron chi connectivity index (χ1n) is 12.1. The number of carbonyl (C=O) groups is 1. The summed E-state index contributed by atoms with van der Waals surface area (Å²) in [6.45, 7) is 4.26. The van der Waals surface area contributed by atoms with Crippen LogP contribution in [0.3, 0.4) is 0 Å². The Balaban J connectivity index is 1.67. The van der Waals surface area contributed by atoms with Gasteiger partial charge in [-0.25, -0.2) is 0 Å². The molecule has 1 aliphatic rings. The smallest absolute Gasteiger partial charge is 0.307 e. The quantitative estimate of drug-likeness (QED) is 0.414. The third kappa shape index (κ3) is 6.14. The molecule has 0 aliphatic carbocycles. The van der Waals surface area contributed by atoms with Crippen LogP contribution in [0.5, 0.6) is 17.2 Å². The summed E-state index contributed by atoms with van der Waals surface area (Å²) in [5.74, 6) is 1.06. The molecule has 3 aromatic carbocycles. The van der Waals surface area contributed by atoms with Crippen molar-refractivity contribution in [3.8, 4) is 17.2 Å². The van der Waals surface area contributed by atoms with Crippen molar-refractivity contribution in [2.75, 3.05) is 26.8 Å². The van der Waals surface area contributed by atoms with Gasteiger partial charge in [0, 0.05) is 6.54 Å². The number of benzene rings is 3. The van der Waals surface area contributed by atoms with Gasteiger partial charge < -0.3 is 19.3 Å². The van der Waals surface area contributed by atoms with Crippen molar-refractivity contribution in [1.82, 2.24) is 4.90 Å². The highest BCUT2D eigenvalue weighted by Crippen LogP contribution is 2.38. The van der Waals surface area contributed by atoms with E-state index in [0.29, 0.717) is 37.7 Å². The molecule has 6 nitrogen and oxygen atoms in total. The van der Waals surface area contributed by atoms with E-state index in [2.05, 4.69) is 11.0 Å². The molecule has 0 amide bonds. The monoisotopic (exact) mass is 475 g/mol. The first kappa shape index (κ1) is 24.6. The number of nitrogens with zero attached hydrogens (tertiary/aromatic N) is 1. The summed E-state index contributed by atoms with van der Waals surface area (Å²) in [5, 5.41) is 9.67. The van der Waals surface area contributed by atoms with Gasteiger partial charge in [-0.1, -0.05) is 48.5 Å². The highest BCUT2D eigenvalue weighted by atomic mass is 16.5. The second kappa shape index (κ2) is 11.8. The van der Waals surface area contributed by atoms with E-state index >= 15 is 0 Å². The summed E-state index contributed by atoms with van der Waals surface area (Å²) >= 11 is 0. The Labute approximate surface area is 207 Å². The van der Waals surface area contributed by atoms with Gasteiger partial charge in [0.2, 0.25) is 0 Å². The standard InChI is InChI=1S/C29H33NO5/c1-3-34-27-18-23(13-16-26(27)35-20-21-8-5-4-6-9-21)28(22-11-14-25(33-2)15-12-22)30-17-7-10-24(19-30)29(31)32/h4-6,8-9,11-16,18,24,28H,3,7,10,17,19-20H2,1-2H3,(H,31,32). The summed E-state index contributed by atoms with van der Waals surface area (Å²) in [5.41, 5.74) is 3.21. The minimum absolute atomic E-state index is 0.106. The molecule has 6 heteroatoms. The summed E-state index contributed by atoms with van der Waals surface area (Å²) in [6.07, 6.45) is 1.55. The zero-order chi connectivity index (χ0) is 24.6. The number of rotatable bonds is 10. The molecule has 1 fully saturated rings. The SMILES string of the molecule is CCOc1cc(C(c2ccc(OC)cc2)N2CCCC(C(=O)O)C2)ccc1OCc1ccccc1. The number of likely N-dealkylation sites (tertiary alicyclic amines) is 1. The number of aliphatic carboxylic acids is 1. The Kier molecular flexibility index (Phi) is 8.27. The molecule has 0 bridgehead atoms. The predicted octanol–water partition coefficient (Wildman–Crippen LogP) is 5.56. The van der Waals surface area contributed by atoms with Crippen LogP contribution in [0.25, 0.3) is 0 Å². The van der Waals surface area contributed by atoms with Gasteiger partial charge in [-0.3, -0.25) is 9.69 Å². The molecular weight excluding hydrogens is 442 g/mol. The molecule has 35 heavy (non-hydrogen) atoms. The number of ether oxygens (including phenoxy) is 3. The first-order valence-corrected chi connectivity index (χ1v) is 12.1. The molecule has 184 valence electrons. The second-order valence-corrected chi connectivity index (χ2v) is 8.76. The van der Waals surface area contributed by atoms with Crippen molar-refractivity contribution in [2.24, 2.45) is 5.92 Å². The minimum atomic E-state index is -0.733. The fourth-order valence-corrected chi connectivity index (χ4v) is 4.66. The molecule has 0 saturated carbocycles. The molecule has 2 unspecified atom stereocenters. The van der Waals surface area contributed by atoms with E-state index in [4.69, 9.17) is 14.2 Å². The van der Waals surface area contributed by atoms with Gasteiger partial charge in [-0.15, -0.1) is 0 Å². The third-order valence-electron chi connectivity index (χ3n) is 6.42. The van der Waals surface area contributed by atoms with Gasteiger partial charge in [0.1, 0.15) is 12.4 Å². The maximum atomic E-state index is 11.8. The van der Waals surface area contributed by atoms with Crippen LogP contribution in [0.15, 0.2) is 72.8 Å². The maximum absolute atomic E-state index is 11.8. The van der Waals surface area contributed by atoms with Crippen LogP contribution in [0.1, 0.15) is 42.5 Å². The van der Waals surface area contributed by atoms with Crippen LogP contribution in [-0.2, 0) is 11.4 Å². The normalized spacial score (nSPS) is 16.9. The molecule has 0 spiro atoms. The van der Waals surface area contributed by atoms with Crippen LogP contribution in [0, 0.1) is 5.92 Å². The number of carboxylic acid groups (broad SMARTS) is 1. The molecule has 1 heterocycles. The lowest BCUT2D eigenvalue weighted by Gasteiger charge is -2.37. The van der Waals surface area contributed by atoms with E-state index in [1.807, 2.05) is 73.7 Å². The van der Waals surface area contributed by atoms with E-state index in [-0.39, 0.29) is 12.0 Å². The van der Waals surface area contributed by atoms with Gasteiger partial charge in [0.25, 0.3) is 0 Å². The lowest BCUT2D eigenvalue weighted by molar-refractivity contribution is -0.143. The largest absolute Gasteiger partial charge is 0.497 e. The van der Waals surface area contributed by atoms with Gasteiger partial charge in [0.05, 0.1) is 25.7 Å². The van der Waals surface area contributed by atoms with E-state index in [1.165, 1.54) is 0 Å². The van der Waals surface area contributed by atoms with Crippen LogP contribution < -0.4 is 14.2 Å². The van der Waals surface area contributed by atoms with Crippen LogP contribution in [0.2, 0.25) is 0 Å². The molecule has 1 N–H and O–H groups in total. The molecule has 1 saturated heterocycles. The molecular formula is C29H33NO5. The Bertz CT molecular complexity index is 1100. The fraction of sp³-hybridized carbons (Fsp3) is 0.345. The Hall–Kier alpha value is -3.51. The van der Waals surface area contributed by atoms with Crippen LogP contribution >= 0.6 is 0 Å². The van der Waals surface area contributed by atoms with E-state index in [9.17, 15) is 9.90 Å². The van der Waals surface area contributed by atoms with E-state index < -0.39 is 5.97 Å². The summed E-state index contributed by atoms with van der Waals surface area (Å²) < 4.78 is 17.4. The number of methoxy groups -OCH3 is 1. The zero-order valence-electron chi connectivity index (χ0n) is 20.4. The molecule has 4 rings (SSSR count). The lowest BCUT2D eigenvalue weighted by Crippen LogP contribution is -2.41. The van der Waals surface area contributed by atoms with Crippen molar-refractivity contribution < 1.29 is 24.1 Å². The Morgan fingerprint density at radius 2 is 1.74 bits per heavy atom. The Morgan fingerprint density at radius 1 is 1.00 bits per heavy atom. The molecule has 2 atom stereocenters. The van der Waals surface area contributed by atoms with Crippen molar-refractivity contribution in [3.05, 3.63) is 89.5 Å². The average molecular weight is 476 g/mol. The zero-order valence-corrected chi connectivity index (χ0v) is 20.4. The number of piperidine rings is 1. The van der Waals surface area contributed by atoms with Crippen molar-refractivity contribution >= 4 is 5.97 Å². The first-order chi connectivity index (χ1) is 17.1. The number of hydrogen-bond acceptors (Lipinski definition) is 5. The number of hydrogen-bond donors (Lipinski definition) is 1. The Morgan fingerprint density at radius 3 is 2.43 bits per heavy atom. The topological polar surface area (TPSA) is 68.2 Å². The lowest BCUT2D eigenvalue weighted by atomic mass is 9.91. The highest BCUT2D eigenvalue weighted by Gasteiger charge is 2.31. The summed E-state index contributed by atoms with van der Waals surface area (Å²) in [6, 6.07) is 24.0. The van der Waals surface area contributed by atoms with Crippen LogP contribution in [-0.4, -0.2) is 42.8 Å². The second-order valence-electron chi connectivity index (χ2n) is 8.76. The van der Waals surface area contributed by atoms with E-state index in [0.717, 1.165) is 35.4 Å². The molecule has 3 aromatic rings. The highest BCUT2D eigenvalue weighted by molar-refractivity contribution is 5.70. The molecule has 0 radical (unpaired) electrons. The van der Waals surface area contributed by atoms with Crippen molar-refractivity contribution in [1.29, 1.82) is 0 Å². The minimum Gasteiger partial charge on any atom is -0.497 e. The summed E-state index contributed by atoms with van der Waals surface area (Å²) in [4.78, 5) is 14.0. The fourth-order valence-electron chi connectivity index (χ4n) is 4.66. The maximum Gasteiger partial charge on any atom is 0.307 e. The van der Waals surface area contributed by atoms with Gasteiger partial charge >= 0.3 is 5.97 Å². The third-order valence-corrected chi connectivity index (χ3v) is 6.42. The van der Waals surface area contributed by atoms with Gasteiger partial charge in [-0.05, 0) is 67.3 Å². The summed E-state index contributed by atoms with van der Waals surface area (Å²) in [7, 11) is 1.65. The predicted molar refractivity (Wildman–Crippen MR) is 135 cm³/mol. The van der Waals surface area contributed by atoms with E-state index in [1.54, 1.807) is 7.11 Å². The van der Waals surface area contributed by atoms with Crippen LogP contribution in [0.4, 0.5) is 0 Å². The molecule has 0 aromatic heterocycles. The number of carboxylic acids is 1. The van der Waals surface area contributed by atoms with Gasteiger partial charge in [0.15, 0.2) is 11.5 Å².